The van der Waals surface area contributed by atoms with Crippen LogP contribution in [0.15, 0.2) is 40.9 Å². The Bertz CT molecular complexity index is 723. The van der Waals surface area contributed by atoms with Crippen LogP contribution in [0.1, 0.15) is 23.2 Å². The Morgan fingerprint density at radius 1 is 1.18 bits per heavy atom. The Morgan fingerprint density at radius 3 is 2.73 bits per heavy atom. The number of ketones is 1. The molecule has 4 nitrogen and oxygen atoms in total. The summed E-state index contributed by atoms with van der Waals surface area (Å²) >= 11 is 3.42. The third-order valence-electron chi connectivity index (χ3n) is 3.81. The van der Waals surface area contributed by atoms with Crippen LogP contribution in [0, 0.1) is 0 Å². The lowest BCUT2D eigenvalue weighted by Gasteiger charge is -2.10. The molecular weight excluding hydrogens is 346 g/mol. The Morgan fingerprint density at radius 2 is 1.95 bits per heavy atom. The highest BCUT2D eigenvalue weighted by Gasteiger charge is 2.24. The molecule has 0 aliphatic carbocycles. The number of nitrogens with one attached hydrogen (secondary N) is 1. The lowest BCUT2D eigenvalue weighted by atomic mass is 10.0. The van der Waals surface area contributed by atoms with Gasteiger partial charge in [0.2, 0.25) is 0 Å². The maximum absolute atomic E-state index is 12.2. The second kappa shape index (κ2) is 6.58. The number of esters is 1. The minimum Gasteiger partial charge on any atom is -0.456 e. The molecule has 5 heteroatoms. The van der Waals surface area contributed by atoms with Crippen LogP contribution in [0.3, 0.4) is 0 Å². The Hall–Kier alpha value is -1.72. The van der Waals surface area contributed by atoms with Gasteiger partial charge in [-0.2, -0.15) is 0 Å². The lowest BCUT2D eigenvalue weighted by molar-refractivity contribution is -0.144. The van der Waals surface area contributed by atoms with E-state index in [0.29, 0.717) is 5.56 Å². The van der Waals surface area contributed by atoms with Gasteiger partial charge in [0.1, 0.15) is 6.04 Å². The Labute approximate surface area is 137 Å². The molecule has 1 saturated heterocycles. The molecule has 0 aromatic heterocycles. The van der Waals surface area contributed by atoms with E-state index in [4.69, 9.17) is 4.74 Å². The van der Waals surface area contributed by atoms with Crippen molar-refractivity contribution in [2.24, 2.45) is 0 Å². The van der Waals surface area contributed by atoms with Crippen molar-refractivity contribution in [1.29, 1.82) is 0 Å². The predicted molar refractivity (Wildman–Crippen MR) is 88.0 cm³/mol. The molecule has 2 aromatic carbocycles. The van der Waals surface area contributed by atoms with E-state index in [1.165, 1.54) is 0 Å². The first-order valence-corrected chi connectivity index (χ1v) is 8.05. The monoisotopic (exact) mass is 361 g/mol. The minimum atomic E-state index is -0.337. The number of carbonyl (C=O) groups excluding carboxylic acids is 2. The highest BCUT2D eigenvalue weighted by Crippen LogP contribution is 2.21. The van der Waals surface area contributed by atoms with Gasteiger partial charge in [0.05, 0.1) is 0 Å². The normalized spacial score (nSPS) is 17.6. The molecule has 1 aliphatic heterocycles. The quantitative estimate of drug-likeness (QED) is 0.671. The van der Waals surface area contributed by atoms with Crippen LogP contribution in [0.25, 0.3) is 10.8 Å². The molecule has 0 amide bonds. The topological polar surface area (TPSA) is 55.4 Å². The third kappa shape index (κ3) is 3.36. The summed E-state index contributed by atoms with van der Waals surface area (Å²) < 4.78 is 6.11. The molecule has 22 heavy (non-hydrogen) atoms. The van der Waals surface area contributed by atoms with E-state index < -0.39 is 0 Å². The first-order chi connectivity index (χ1) is 10.6. The predicted octanol–water partition coefficient (Wildman–Crippen LogP) is 3.08. The van der Waals surface area contributed by atoms with Crippen LogP contribution in [-0.4, -0.2) is 30.9 Å². The zero-order valence-corrected chi connectivity index (χ0v) is 13.6. The average molecular weight is 362 g/mol. The number of hydrogen-bond acceptors (Lipinski definition) is 4. The molecule has 0 radical (unpaired) electrons. The average Bonchev–Trinajstić information content (AvgIpc) is 3.06. The highest BCUT2D eigenvalue weighted by molar-refractivity contribution is 9.10. The molecule has 0 bridgehead atoms. The van der Waals surface area contributed by atoms with Crippen LogP contribution < -0.4 is 5.32 Å². The molecule has 114 valence electrons. The van der Waals surface area contributed by atoms with Gasteiger partial charge in [0.15, 0.2) is 12.4 Å². The molecule has 0 unspecified atom stereocenters. The van der Waals surface area contributed by atoms with Crippen molar-refractivity contribution in [1.82, 2.24) is 5.32 Å². The largest absolute Gasteiger partial charge is 0.456 e. The fourth-order valence-electron chi connectivity index (χ4n) is 2.60. The number of halogens is 1. The summed E-state index contributed by atoms with van der Waals surface area (Å²) in [6.07, 6.45) is 1.74. The van der Waals surface area contributed by atoms with E-state index >= 15 is 0 Å². The van der Waals surface area contributed by atoms with Crippen molar-refractivity contribution in [3.63, 3.8) is 0 Å². The van der Waals surface area contributed by atoms with Crippen molar-refractivity contribution in [2.45, 2.75) is 18.9 Å². The maximum Gasteiger partial charge on any atom is 0.323 e. The second-order valence-corrected chi connectivity index (χ2v) is 6.30. The van der Waals surface area contributed by atoms with Crippen LogP contribution in [0.2, 0.25) is 0 Å². The van der Waals surface area contributed by atoms with E-state index in [9.17, 15) is 9.59 Å². The molecule has 1 fully saturated rings. The van der Waals surface area contributed by atoms with Gasteiger partial charge in [-0.15, -0.1) is 0 Å². The zero-order valence-electron chi connectivity index (χ0n) is 12.0. The van der Waals surface area contributed by atoms with Crippen molar-refractivity contribution in [3.05, 3.63) is 46.4 Å². The summed E-state index contributed by atoms with van der Waals surface area (Å²) in [5, 5.41) is 5.10. The fourth-order valence-corrected chi connectivity index (χ4v) is 2.98. The van der Waals surface area contributed by atoms with Crippen LogP contribution >= 0.6 is 15.9 Å². The smallest absolute Gasteiger partial charge is 0.323 e. The van der Waals surface area contributed by atoms with Gasteiger partial charge in [-0.3, -0.25) is 9.59 Å². The van der Waals surface area contributed by atoms with Crippen LogP contribution in [0.4, 0.5) is 0 Å². The van der Waals surface area contributed by atoms with Crippen molar-refractivity contribution >= 4 is 38.5 Å². The second-order valence-electron chi connectivity index (χ2n) is 5.39. The van der Waals surface area contributed by atoms with E-state index in [0.717, 1.165) is 34.6 Å². The van der Waals surface area contributed by atoms with Gasteiger partial charge in [-0.05, 0) is 48.4 Å². The standard InChI is InChI=1S/C17H16BrNO3/c18-14-6-5-11-8-13(4-3-12(11)9-14)16(20)10-22-17(21)15-2-1-7-19-15/h3-6,8-9,15,19H,1-2,7,10H2/t15-/m0/s1. The van der Waals surface area contributed by atoms with Gasteiger partial charge >= 0.3 is 5.97 Å². The fraction of sp³-hybridized carbons (Fsp3) is 0.294. The third-order valence-corrected chi connectivity index (χ3v) is 4.31. The van der Waals surface area contributed by atoms with E-state index in [-0.39, 0.29) is 24.4 Å². The molecule has 2 aromatic rings. The lowest BCUT2D eigenvalue weighted by Crippen LogP contribution is -2.33. The number of hydrogen-bond donors (Lipinski definition) is 1. The molecular formula is C17H16BrNO3. The molecule has 3 rings (SSSR count). The summed E-state index contributed by atoms with van der Waals surface area (Å²) in [5.74, 6) is -0.522. The van der Waals surface area contributed by atoms with Crippen LogP contribution in [-0.2, 0) is 9.53 Å². The molecule has 0 saturated carbocycles. The summed E-state index contributed by atoms with van der Waals surface area (Å²) in [5.41, 5.74) is 0.557. The van der Waals surface area contributed by atoms with E-state index in [1.807, 2.05) is 30.3 Å². The Kier molecular flexibility index (Phi) is 4.55. The van der Waals surface area contributed by atoms with Crippen molar-refractivity contribution in [3.8, 4) is 0 Å². The summed E-state index contributed by atoms with van der Waals surface area (Å²) in [4.78, 5) is 24.0. The number of carbonyl (C=O) groups is 2. The van der Waals surface area contributed by atoms with Gasteiger partial charge < -0.3 is 10.1 Å². The molecule has 0 spiro atoms. The SMILES string of the molecule is O=C(COC(=O)[C@@H]1CCCN1)c1ccc2cc(Br)ccc2c1. The van der Waals surface area contributed by atoms with Crippen molar-refractivity contribution in [2.75, 3.05) is 13.2 Å². The first kappa shape index (κ1) is 15.2. The first-order valence-electron chi connectivity index (χ1n) is 7.26. The summed E-state index contributed by atoms with van der Waals surface area (Å²) in [6, 6.07) is 11.1. The molecule has 1 aliphatic rings. The maximum atomic E-state index is 12.2. The minimum absolute atomic E-state index is 0.184. The molecule has 1 N–H and O–H groups in total. The Balaban J connectivity index is 1.66. The number of ether oxygens (including phenoxy) is 1. The van der Waals surface area contributed by atoms with E-state index in [2.05, 4.69) is 21.2 Å². The summed E-state index contributed by atoms with van der Waals surface area (Å²) in [7, 11) is 0. The van der Waals surface area contributed by atoms with Gasteiger partial charge in [-0.1, -0.05) is 34.1 Å². The van der Waals surface area contributed by atoms with Crippen LogP contribution in [0.5, 0.6) is 0 Å². The van der Waals surface area contributed by atoms with Gasteiger partial charge in [0, 0.05) is 10.0 Å². The van der Waals surface area contributed by atoms with Crippen molar-refractivity contribution < 1.29 is 14.3 Å². The number of benzene rings is 2. The number of fused-ring (bicyclic) bond motifs is 1. The molecule has 1 heterocycles. The number of Topliss-reactive ketones (excluding diaryl/α,β-unsaturated/α-hetero) is 1. The number of rotatable bonds is 4. The zero-order chi connectivity index (χ0) is 15.5. The van der Waals surface area contributed by atoms with E-state index in [1.54, 1.807) is 6.07 Å². The highest BCUT2D eigenvalue weighted by atomic mass is 79.9. The van der Waals surface area contributed by atoms with Gasteiger partial charge in [-0.25, -0.2) is 0 Å². The van der Waals surface area contributed by atoms with Gasteiger partial charge in [0.25, 0.3) is 0 Å². The molecule has 1 atom stereocenters. The summed E-state index contributed by atoms with van der Waals surface area (Å²) in [6.45, 7) is 0.618.